The molecule has 0 aliphatic carbocycles. The topological polar surface area (TPSA) is 60.5 Å². The average Bonchev–Trinajstić information content (AvgIpc) is 2.64. The molecule has 1 aromatic carbocycles. The highest BCUT2D eigenvalue weighted by Gasteiger charge is 2.22. The summed E-state index contributed by atoms with van der Waals surface area (Å²) in [5.74, 6) is 1.95. The van der Waals surface area contributed by atoms with E-state index in [9.17, 15) is 4.79 Å². The van der Waals surface area contributed by atoms with Crippen molar-refractivity contribution in [2.75, 3.05) is 20.3 Å². The van der Waals surface area contributed by atoms with E-state index in [-0.39, 0.29) is 11.8 Å². The number of benzene rings is 1. The summed E-state index contributed by atoms with van der Waals surface area (Å²) in [4.78, 5) is 16.1. The molecule has 1 amide bonds. The van der Waals surface area contributed by atoms with Crippen LogP contribution in [-0.4, -0.2) is 31.2 Å². The fourth-order valence-corrected chi connectivity index (χ4v) is 2.90. The molecule has 0 bridgehead atoms. The minimum atomic E-state index is 0.0651. The van der Waals surface area contributed by atoms with E-state index in [0.29, 0.717) is 26.0 Å². The number of aryl methyl sites for hydroxylation is 1. The number of methoxy groups -OCH3 is 1. The summed E-state index contributed by atoms with van der Waals surface area (Å²) in [6.45, 7) is 1.22. The van der Waals surface area contributed by atoms with Gasteiger partial charge >= 0.3 is 0 Å². The smallest absolute Gasteiger partial charge is 0.220 e. The Labute approximate surface area is 142 Å². The van der Waals surface area contributed by atoms with E-state index >= 15 is 0 Å². The molecule has 0 spiro atoms. The fourth-order valence-electron chi connectivity index (χ4n) is 2.90. The second-order valence-corrected chi connectivity index (χ2v) is 6.00. The van der Waals surface area contributed by atoms with Gasteiger partial charge in [0.25, 0.3) is 0 Å². The number of fused-ring (bicyclic) bond motifs is 1. The van der Waals surface area contributed by atoms with E-state index in [0.717, 1.165) is 29.0 Å². The summed E-state index contributed by atoms with van der Waals surface area (Å²) in [7, 11) is 1.65. The van der Waals surface area contributed by atoms with Crippen LogP contribution in [0.1, 0.15) is 17.5 Å². The molecular formula is C19H22N2O3. The number of rotatable bonds is 6. The Morgan fingerprint density at radius 2 is 2.29 bits per heavy atom. The summed E-state index contributed by atoms with van der Waals surface area (Å²) < 4.78 is 11.2. The summed E-state index contributed by atoms with van der Waals surface area (Å²) in [6, 6.07) is 9.79. The minimum Gasteiger partial charge on any atom is -0.493 e. The highest BCUT2D eigenvalue weighted by Crippen LogP contribution is 2.35. The van der Waals surface area contributed by atoms with Gasteiger partial charge in [-0.15, -0.1) is 0 Å². The summed E-state index contributed by atoms with van der Waals surface area (Å²) in [5.41, 5.74) is 2.21. The molecule has 24 heavy (non-hydrogen) atoms. The number of nitrogens with one attached hydrogen (secondary N) is 1. The van der Waals surface area contributed by atoms with Crippen molar-refractivity contribution >= 4 is 5.91 Å². The summed E-state index contributed by atoms with van der Waals surface area (Å²) >= 11 is 0. The molecule has 5 nitrogen and oxygen atoms in total. The van der Waals surface area contributed by atoms with Gasteiger partial charge in [-0.25, -0.2) is 0 Å². The second-order valence-electron chi connectivity index (χ2n) is 6.00. The van der Waals surface area contributed by atoms with E-state index in [4.69, 9.17) is 9.47 Å². The van der Waals surface area contributed by atoms with Crippen molar-refractivity contribution in [2.24, 2.45) is 5.92 Å². The van der Waals surface area contributed by atoms with Crippen molar-refractivity contribution < 1.29 is 14.3 Å². The molecule has 1 N–H and O–H groups in total. The van der Waals surface area contributed by atoms with Gasteiger partial charge in [0.05, 0.1) is 13.7 Å². The van der Waals surface area contributed by atoms with Crippen molar-refractivity contribution in [1.82, 2.24) is 10.3 Å². The Hall–Kier alpha value is -2.56. The predicted octanol–water partition coefficient (Wildman–Crippen LogP) is 2.39. The molecule has 5 heteroatoms. The van der Waals surface area contributed by atoms with Crippen LogP contribution in [0.5, 0.6) is 11.5 Å². The normalized spacial score (nSPS) is 16.0. The number of pyridine rings is 1. The van der Waals surface area contributed by atoms with Gasteiger partial charge in [0.15, 0.2) is 11.5 Å². The third kappa shape index (κ3) is 4.04. The van der Waals surface area contributed by atoms with E-state index in [1.807, 2.05) is 30.3 Å². The minimum absolute atomic E-state index is 0.0651. The number of hydrogen-bond acceptors (Lipinski definition) is 4. The molecule has 2 aromatic rings. The van der Waals surface area contributed by atoms with Gasteiger partial charge in [0, 0.05) is 31.3 Å². The van der Waals surface area contributed by atoms with E-state index in [1.165, 1.54) is 0 Å². The molecular weight excluding hydrogens is 304 g/mol. The lowest BCUT2D eigenvalue weighted by Gasteiger charge is -2.26. The predicted molar refractivity (Wildman–Crippen MR) is 91.3 cm³/mol. The van der Waals surface area contributed by atoms with Crippen LogP contribution in [0.4, 0.5) is 0 Å². The number of ether oxygens (including phenoxy) is 2. The SMILES string of the molecule is COc1cccc2c1OC[C@H](CNC(=O)CCc1cccnc1)C2. The van der Waals surface area contributed by atoms with E-state index in [1.54, 1.807) is 19.5 Å². The van der Waals surface area contributed by atoms with Gasteiger partial charge in [-0.3, -0.25) is 9.78 Å². The number of carbonyl (C=O) groups excluding carboxylic acids is 1. The highest BCUT2D eigenvalue weighted by molar-refractivity contribution is 5.76. The average molecular weight is 326 g/mol. The number of amides is 1. The van der Waals surface area contributed by atoms with Crippen molar-refractivity contribution in [3.05, 3.63) is 53.9 Å². The molecule has 1 aromatic heterocycles. The number of nitrogens with zero attached hydrogens (tertiary/aromatic N) is 1. The maximum atomic E-state index is 12.0. The van der Waals surface area contributed by atoms with Gasteiger partial charge in [0.1, 0.15) is 0 Å². The van der Waals surface area contributed by atoms with E-state index in [2.05, 4.69) is 10.3 Å². The molecule has 0 fully saturated rings. The Kier molecular flexibility index (Phi) is 5.31. The van der Waals surface area contributed by atoms with Gasteiger partial charge in [-0.05, 0) is 36.1 Å². The fraction of sp³-hybridized carbons (Fsp3) is 0.368. The first-order valence-corrected chi connectivity index (χ1v) is 8.20. The highest BCUT2D eigenvalue weighted by atomic mass is 16.5. The zero-order valence-corrected chi connectivity index (χ0v) is 13.8. The van der Waals surface area contributed by atoms with Crippen molar-refractivity contribution in [1.29, 1.82) is 0 Å². The molecule has 0 saturated heterocycles. The molecule has 0 unspecified atom stereocenters. The lowest BCUT2D eigenvalue weighted by Crippen LogP contribution is -2.35. The Morgan fingerprint density at radius 3 is 3.08 bits per heavy atom. The van der Waals surface area contributed by atoms with Crippen molar-refractivity contribution in [2.45, 2.75) is 19.3 Å². The van der Waals surface area contributed by atoms with Crippen LogP contribution in [0.2, 0.25) is 0 Å². The number of aromatic nitrogens is 1. The van der Waals surface area contributed by atoms with Crippen LogP contribution in [0.3, 0.4) is 0 Å². The molecule has 1 atom stereocenters. The first-order valence-electron chi connectivity index (χ1n) is 8.20. The first kappa shape index (κ1) is 16.3. The monoisotopic (exact) mass is 326 g/mol. The van der Waals surface area contributed by atoms with Crippen molar-refractivity contribution in [3.63, 3.8) is 0 Å². The van der Waals surface area contributed by atoms with Crippen LogP contribution >= 0.6 is 0 Å². The van der Waals surface area contributed by atoms with E-state index < -0.39 is 0 Å². The maximum absolute atomic E-state index is 12.0. The number of para-hydroxylation sites is 1. The summed E-state index contributed by atoms with van der Waals surface area (Å²) in [5, 5.41) is 3.01. The Bertz CT molecular complexity index is 688. The number of carbonyl (C=O) groups is 1. The Morgan fingerprint density at radius 1 is 1.38 bits per heavy atom. The molecule has 126 valence electrons. The summed E-state index contributed by atoms with van der Waals surface area (Å²) in [6.07, 6.45) is 5.60. The molecule has 0 radical (unpaired) electrons. The molecule has 2 heterocycles. The van der Waals surface area contributed by atoms with Gasteiger partial charge in [-0.2, -0.15) is 0 Å². The van der Waals surface area contributed by atoms with Crippen LogP contribution < -0.4 is 14.8 Å². The van der Waals surface area contributed by atoms with Crippen LogP contribution in [-0.2, 0) is 17.6 Å². The lowest BCUT2D eigenvalue weighted by molar-refractivity contribution is -0.121. The largest absolute Gasteiger partial charge is 0.493 e. The zero-order valence-electron chi connectivity index (χ0n) is 13.8. The van der Waals surface area contributed by atoms with Gasteiger partial charge in [-0.1, -0.05) is 18.2 Å². The number of hydrogen-bond donors (Lipinski definition) is 1. The lowest BCUT2D eigenvalue weighted by atomic mass is 9.96. The van der Waals surface area contributed by atoms with Crippen LogP contribution in [0.25, 0.3) is 0 Å². The Balaban J connectivity index is 1.46. The van der Waals surface area contributed by atoms with Crippen LogP contribution in [0.15, 0.2) is 42.7 Å². The zero-order chi connectivity index (χ0) is 16.8. The van der Waals surface area contributed by atoms with Crippen LogP contribution in [0, 0.1) is 5.92 Å². The molecule has 1 aliphatic heterocycles. The third-order valence-electron chi connectivity index (χ3n) is 4.20. The second kappa shape index (κ2) is 7.81. The van der Waals surface area contributed by atoms with Gasteiger partial charge in [0.2, 0.25) is 5.91 Å². The maximum Gasteiger partial charge on any atom is 0.220 e. The molecule has 1 aliphatic rings. The quantitative estimate of drug-likeness (QED) is 0.885. The standard InChI is InChI=1S/C19H22N2O3/c1-23-17-6-2-5-16-10-15(13-24-19(16)17)12-21-18(22)8-7-14-4-3-9-20-11-14/h2-6,9,11,15H,7-8,10,12-13H2,1H3,(H,21,22)/t15-/m0/s1. The molecule has 3 rings (SSSR count). The first-order chi connectivity index (χ1) is 11.8. The van der Waals surface area contributed by atoms with Crippen molar-refractivity contribution in [3.8, 4) is 11.5 Å². The molecule has 0 saturated carbocycles. The third-order valence-corrected chi connectivity index (χ3v) is 4.20. The van der Waals surface area contributed by atoms with Gasteiger partial charge < -0.3 is 14.8 Å².